The fourth-order valence-corrected chi connectivity index (χ4v) is 2.12. The van der Waals surface area contributed by atoms with Gasteiger partial charge in [0.05, 0.1) is 0 Å². The number of hydrazine groups is 1. The third kappa shape index (κ3) is 5.97. The second-order valence-electron chi connectivity index (χ2n) is 5.79. The first-order valence-corrected chi connectivity index (χ1v) is 8.44. The van der Waals surface area contributed by atoms with Gasteiger partial charge >= 0.3 is 0 Å². The van der Waals surface area contributed by atoms with Crippen LogP contribution in [0.25, 0.3) is 0 Å². The summed E-state index contributed by atoms with van der Waals surface area (Å²) in [6.45, 7) is 5.32. The molecule has 0 heterocycles. The maximum absolute atomic E-state index is 12.0. The average Bonchev–Trinajstić information content (AvgIpc) is 2.62. The molecule has 0 aromatic heterocycles. The number of benzene rings is 2. The highest BCUT2D eigenvalue weighted by Crippen LogP contribution is 2.17. The van der Waals surface area contributed by atoms with Crippen LogP contribution in [0, 0.1) is 13.8 Å². The summed E-state index contributed by atoms with van der Waals surface area (Å²) in [6, 6.07) is 12.2. The highest BCUT2D eigenvalue weighted by molar-refractivity contribution is 6.30. The second kappa shape index (κ2) is 9.10. The summed E-state index contributed by atoms with van der Waals surface area (Å²) in [4.78, 5) is 23.7. The molecule has 0 aliphatic carbocycles. The van der Waals surface area contributed by atoms with Crippen molar-refractivity contribution in [1.29, 1.82) is 0 Å². The molecule has 7 heteroatoms. The lowest BCUT2D eigenvalue weighted by molar-refractivity contribution is -0.133. The Hall–Kier alpha value is -2.73. The van der Waals surface area contributed by atoms with Crippen molar-refractivity contribution in [2.45, 2.75) is 26.9 Å². The molecular weight excluding hydrogens is 356 g/mol. The number of nitrogens with one attached hydrogen (secondary N) is 2. The number of ether oxygens (including phenoxy) is 2. The number of carbonyl (C=O) groups excluding carboxylic acids is 2. The smallest absolute Gasteiger partial charge is 0.279 e. The third-order valence-corrected chi connectivity index (χ3v) is 3.92. The van der Waals surface area contributed by atoms with Gasteiger partial charge in [-0.1, -0.05) is 17.7 Å². The maximum atomic E-state index is 12.0. The van der Waals surface area contributed by atoms with Crippen LogP contribution in [0.4, 0.5) is 0 Å². The highest BCUT2D eigenvalue weighted by Gasteiger charge is 2.15. The van der Waals surface area contributed by atoms with E-state index in [1.54, 1.807) is 37.3 Å². The van der Waals surface area contributed by atoms with Crippen LogP contribution in [0.5, 0.6) is 11.5 Å². The van der Waals surface area contributed by atoms with Crippen LogP contribution in [0.1, 0.15) is 18.1 Å². The molecule has 138 valence electrons. The van der Waals surface area contributed by atoms with Crippen molar-refractivity contribution in [3.8, 4) is 11.5 Å². The van der Waals surface area contributed by atoms with Crippen molar-refractivity contribution in [3.05, 3.63) is 58.6 Å². The summed E-state index contributed by atoms with van der Waals surface area (Å²) < 4.78 is 10.9. The number of hydrogen-bond donors (Lipinski definition) is 2. The molecule has 0 spiro atoms. The first-order chi connectivity index (χ1) is 12.3. The zero-order valence-corrected chi connectivity index (χ0v) is 15.6. The maximum Gasteiger partial charge on any atom is 0.279 e. The molecule has 2 aromatic rings. The van der Waals surface area contributed by atoms with Crippen molar-refractivity contribution >= 4 is 23.4 Å². The van der Waals surface area contributed by atoms with Gasteiger partial charge in [0, 0.05) is 5.02 Å². The Labute approximate surface area is 157 Å². The molecule has 2 aromatic carbocycles. The molecule has 0 saturated heterocycles. The molecule has 2 amide bonds. The minimum Gasteiger partial charge on any atom is -0.484 e. The third-order valence-electron chi connectivity index (χ3n) is 3.67. The van der Waals surface area contributed by atoms with Gasteiger partial charge in [0.25, 0.3) is 11.8 Å². The van der Waals surface area contributed by atoms with E-state index in [9.17, 15) is 9.59 Å². The van der Waals surface area contributed by atoms with E-state index in [0.29, 0.717) is 16.5 Å². The van der Waals surface area contributed by atoms with Crippen LogP contribution in [-0.2, 0) is 9.59 Å². The molecule has 0 aliphatic rings. The molecule has 1 atom stereocenters. The highest BCUT2D eigenvalue weighted by atomic mass is 35.5. The summed E-state index contributed by atoms with van der Waals surface area (Å²) >= 11 is 5.77. The summed E-state index contributed by atoms with van der Waals surface area (Å²) in [7, 11) is 0. The quantitative estimate of drug-likeness (QED) is 0.760. The Morgan fingerprint density at radius 1 is 1.00 bits per heavy atom. The first-order valence-electron chi connectivity index (χ1n) is 8.06. The Morgan fingerprint density at radius 2 is 1.65 bits per heavy atom. The second-order valence-corrected chi connectivity index (χ2v) is 6.22. The van der Waals surface area contributed by atoms with Crippen LogP contribution in [0.2, 0.25) is 5.02 Å². The van der Waals surface area contributed by atoms with Gasteiger partial charge in [-0.3, -0.25) is 20.4 Å². The molecule has 0 saturated carbocycles. The lowest BCUT2D eigenvalue weighted by Gasteiger charge is -2.16. The summed E-state index contributed by atoms with van der Waals surface area (Å²) in [5, 5.41) is 0.576. The molecule has 26 heavy (non-hydrogen) atoms. The van der Waals surface area contributed by atoms with E-state index in [-0.39, 0.29) is 6.61 Å². The number of aryl methyl sites for hydroxylation is 2. The standard InChI is InChI=1S/C19H21ClN2O4/c1-12-4-7-17(10-13(12)2)26-14(3)19(24)22-21-18(23)11-25-16-8-5-15(20)6-9-16/h4-10,14H,11H2,1-3H3,(H,21,23)(H,22,24). The number of hydrogen-bond acceptors (Lipinski definition) is 4. The predicted molar refractivity (Wildman–Crippen MR) is 99.2 cm³/mol. The lowest BCUT2D eigenvalue weighted by Crippen LogP contribution is -2.48. The van der Waals surface area contributed by atoms with Gasteiger partial charge in [-0.05, 0) is 68.3 Å². The Morgan fingerprint density at radius 3 is 2.31 bits per heavy atom. The van der Waals surface area contributed by atoms with E-state index >= 15 is 0 Å². The average molecular weight is 377 g/mol. The van der Waals surface area contributed by atoms with Gasteiger partial charge in [0.2, 0.25) is 0 Å². The van der Waals surface area contributed by atoms with E-state index in [1.165, 1.54) is 0 Å². The molecule has 0 bridgehead atoms. The first kappa shape index (κ1) is 19.6. The van der Waals surface area contributed by atoms with Crippen LogP contribution in [0.3, 0.4) is 0 Å². The number of halogens is 1. The Kier molecular flexibility index (Phi) is 6.86. The summed E-state index contributed by atoms with van der Waals surface area (Å²) in [5.74, 6) is 0.130. The van der Waals surface area contributed by atoms with Crippen LogP contribution >= 0.6 is 11.6 Å². The minimum absolute atomic E-state index is 0.242. The van der Waals surface area contributed by atoms with Crippen LogP contribution in [0.15, 0.2) is 42.5 Å². The Bertz CT molecular complexity index is 778. The number of amides is 2. The molecule has 2 N–H and O–H groups in total. The molecule has 2 rings (SSSR count). The van der Waals surface area contributed by atoms with Crippen molar-refractivity contribution in [2.75, 3.05) is 6.61 Å². The van der Waals surface area contributed by atoms with Crippen LogP contribution < -0.4 is 20.3 Å². The normalized spacial score (nSPS) is 11.4. The van der Waals surface area contributed by atoms with E-state index in [0.717, 1.165) is 11.1 Å². The van der Waals surface area contributed by atoms with E-state index in [4.69, 9.17) is 21.1 Å². The number of carbonyl (C=O) groups is 2. The van der Waals surface area contributed by atoms with Gasteiger partial charge in [-0.25, -0.2) is 0 Å². The molecule has 0 fully saturated rings. The molecular formula is C19H21ClN2O4. The van der Waals surface area contributed by atoms with Crippen molar-refractivity contribution in [3.63, 3.8) is 0 Å². The number of rotatable bonds is 6. The van der Waals surface area contributed by atoms with E-state index in [1.807, 2.05) is 26.0 Å². The zero-order chi connectivity index (χ0) is 19.1. The Balaban J connectivity index is 1.75. The zero-order valence-electron chi connectivity index (χ0n) is 14.8. The van der Waals surface area contributed by atoms with Crippen molar-refractivity contribution < 1.29 is 19.1 Å². The molecule has 0 aliphatic heterocycles. The van der Waals surface area contributed by atoms with E-state index in [2.05, 4.69) is 10.9 Å². The predicted octanol–water partition coefficient (Wildman–Crippen LogP) is 2.95. The topological polar surface area (TPSA) is 76.7 Å². The van der Waals surface area contributed by atoms with Gasteiger partial charge in [-0.2, -0.15) is 0 Å². The molecule has 0 radical (unpaired) electrons. The largest absolute Gasteiger partial charge is 0.484 e. The molecule has 6 nitrogen and oxygen atoms in total. The minimum atomic E-state index is -0.769. The fraction of sp³-hybridized carbons (Fsp3) is 0.263. The van der Waals surface area contributed by atoms with Gasteiger partial charge in [-0.15, -0.1) is 0 Å². The van der Waals surface area contributed by atoms with E-state index < -0.39 is 17.9 Å². The summed E-state index contributed by atoms with van der Waals surface area (Å²) in [5.41, 5.74) is 6.80. The van der Waals surface area contributed by atoms with Crippen molar-refractivity contribution in [2.24, 2.45) is 0 Å². The monoisotopic (exact) mass is 376 g/mol. The van der Waals surface area contributed by atoms with Crippen molar-refractivity contribution in [1.82, 2.24) is 10.9 Å². The van der Waals surface area contributed by atoms with Crippen LogP contribution in [-0.4, -0.2) is 24.5 Å². The SMILES string of the molecule is Cc1ccc(OC(C)C(=O)NNC(=O)COc2ccc(Cl)cc2)cc1C. The fourth-order valence-electron chi connectivity index (χ4n) is 1.99. The lowest BCUT2D eigenvalue weighted by atomic mass is 10.1. The van der Waals surface area contributed by atoms with Gasteiger partial charge in [0.15, 0.2) is 12.7 Å². The molecule has 1 unspecified atom stereocenters. The summed E-state index contributed by atoms with van der Waals surface area (Å²) in [6.07, 6.45) is -0.769. The van der Waals surface area contributed by atoms with Gasteiger partial charge < -0.3 is 9.47 Å². The van der Waals surface area contributed by atoms with Gasteiger partial charge in [0.1, 0.15) is 11.5 Å².